The van der Waals surface area contributed by atoms with Crippen molar-refractivity contribution in [2.24, 2.45) is 0 Å². The van der Waals surface area contributed by atoms with Crippen molar-refractivity contribution < 1.29 is 23.7 Å². The van der Waals surface area contributed by atoms with E-state index in [2.05, 4.69) is 0 Å². The van der Waals surface area contributed by atoms with Gasteiger partial charge < -0.3 is 18.9 Å². The standard InChI is InChI=1S/C29H30N2O6/c1-4-35-26(29(33)36-5-2)18-20-10-14-23(15-11-20)37-19-27-30-25-9-7-6-8-24(25)28(32)31(27)21-12-16-22(34-3)17-13-21/h6-17,26H,4-5,18-19H2,1-3H3. The van der Waals surface area contributed by atoms with Crippen molar-refractivity contribution >= 4 is 16.9 Å². The number of fused-ring (bicyclic) bond motifs is 1. The molecule has 0 N–H and O–H groups in total. The Labute approximate surface area is 215 Å². The van der Waals surface area contributed by atoms with E-state index in [0.717, 1.165) is 5.56 Å². The van der Waals surface area contributed by atoms with E-state index in [-0.39, 0.29) is 18.1 Å². The van der Waals surface area contributed by atoms with Crippen molar-refractivity contribution in [3.8, 4) is 17.2 Å². The van der Waals surface area contributed by atoms with Gasteiger partial charge in [-0.2, -0.15) is 0 Å². The lowest BCUT2D eigenvalue weighted by molar-refractivity contribution is -0.156. The summed E-state index contributed by atoms with van der Waals surface area (Å²) in [6, 6.07) is 21.9. The summed E-state index contributed by atoms with van der Waals surface area (Å²) in [4.78, 5) is 30.3. The number of benzene rings is 3. The highest BCUT2D eigenvalue weighted by Crippen LogP contribution is 2.20. The molecule has 0 aliphatic rings. The number of carbonyl (C=O) groups excluding carboxylic acids is 1. The lowest BCUT2D eigenvalue weighted by atomic mass is 10.1. The molecule has 37 heavy (non-hydrogen) atoms. The quantitative estimate of drug-likeness (QED) is 0.279. The van der Waals surface area contributed by atoms with Gasteiger partial charge >= 0.3 is 5.97 Å². The van der Waals surface area contributed by atoms with Crippen LogP contribution in [0.1, 0.15) is 25.2 Å². The number of hydrogen-bond donors (Lipinski definition) is 0. The van der Waals surface area contributed by atoms with Gasteiger partial charge in [0, 0.05) is 13.0 Å². The van der Waals surface area contributed by atoms with Crippen LogP contribution in [0.2, 0.25) is 0 Å². The molecule has 1 heterocycles. The highest BCUT2D eigenvalue weighted by Gasteiger charge is 2.20. The van der Waals surface area contributed by atoms with Crippen molar-refractivity contribution in [1.29, 1.82) is 0 Å². The summed E-state index contributed by atoms with van der Waals surface area (Å²) in [5.41, 5.74) is 2.01. The van der Waals surface area contributed by atoms with Crippen LogP contribution < -0.4 is 15.0 Å². The molecule has 4 aromatic rings. The highest BCUT2D eigenvalue weighted by atomic mass is 16.6. The molecule has 0 saturated carbocycles. The molecule has 8 nitrogen and oxygen atoms in total. The van der Waals surface area contributed by atoms with E-state index in [1.165, 1.54) is 0 Å². The zero-order valence-electron chi connectivity index (χ0n) is 21.2. The molecule has 4 rings (SSSR count). The van der Waals surface area contributed by atoms with Crippen molar-refractivity contribution in [2.75, 3.05) is 20.3 Å². The Kier molecular flexibility index (Phi) is 8.53. The van der Waals surface area contributed by atoms with Gasteiger partial charge in [0.05, 0.1) is 30.3 Å². The van der Waals surface area contributed by atoms with Crippen molar-refractivity contribution in [1.82, 2.24) is 9.55 Å². The van der Waals surface area contributed by atoms with Gasteiger partial charge in [-0.25, -0.2) is 9.78 Å². The maximum absolute atomic E-state index is 13.4. The predicted octanol–water partition coefficient (Wildman–Crippen LogP) is 4.48. The average molecular weight is 503 g/mol. The fourth-order valence-electron chi connectivity index (χ4n) is 4.00. The lowest BCUT2D eigenvalue weighted by Crippen LogP contribution is -2.28. The van der Waals surface area contributed by atoms with E-state index < -0.39 is 6.10 Å². The van der Waals surface area contributed by atoms with Crippen LogP contribution in [0.15, 0.2) is 77.6 Å². The van der Waals surface area contributed by atoms with Crippen LogP contribution in [0.5, 0.6) is 11.5 Å². The van der Waals surface area contributed by atoms with Crippen LogP contribution >= 0.6 is 0 Å². The molecular formula is C29H30N2O6. The SMILES string of the molecule is CCOC(=O)C(Cc1ccc(OCc2nc3ccccc3c(=O)n2-c2ccc(OC)cc2)cc1)OCC. The molecule has 1 unspecified atom stereocenters. The zero-order valence-corrected chi connectivity index (χ0v) is 21.2. The molecule has 0 spiro atoms. The van der Waals surface area contributed by atoms with E-state index in [1.54, 1.807) is 36.8 Å². The third-order valence-corrected chi connectivity index (χ3v) is 5.81. The van der Waals surface area contributed by atoms with Crippen molar-refractivity contribution in [3.05, 3.63) is 94.5 Å². The van der Waals surface area contributed by atoms with Crippen LogP contribution in [0.3, 0.4) is 0 Å². The molecule has 0 radical (unpaired) electrons. The second kappa shape index (κ2) is 12.2. The first-order chi connectivity index (χ1) is 18.0. The molecule has 8 heteroatoms. The largest absolute Gasteiger partial charge is 0.497 e. The predicted molar refractivity (Wildman–Crippen MR) is 140 cm³/mol. The molecule has 0 amide bonds. The second-order valence-corrected chi connectivity index (χ2v) is 8.22. The Balaban J connectivity index is 1.56. The minimum Gasteiger partial charge on any atom is -0.497 e. The summed E-state index contributed by atoms with van der Waals surface area (Å²) < 4.78 is 23.5. The molecule has 0 fully saturated rings. The van der Waals surface area contributed by atoms with Gasteiger partial charge in [-0.3, -0.25) is 9.36 Å². The Hall–Kier alpha value is -4.17. The number of para-hydroxylation sites is 1. The number of aromatic nitrogens is 2. The van der Waals surface area contributed by atoms with Gasteiger partial charge in [0.25, 0.3) is 5.56 Å². The van der Waals surface area contributed by atoms with Crippen LogP contribution in [-0.2, 0) is 27.3 Å². The van der Waals surface area contributed by atoms with E-state index in [9.17, 15) is 9.59 Å². The molecular weight excluding hydrogens is 472 g/mol. The molecule has 0 aliphatic heterocycles. The molecule has 192 valence electrons. The Morgan fingerprint density at radius 2 is 1.62 bits per heavy atom. The van der Waals surface area contributed by atoms with E-state index in [1.807, 2.05) is 61.5 Å². The van der Waals surface area contributed by atoms with Crippen molar-refractivity contribution in [2.45, 2.75) is 33.0 Å². The summed E-state index contributed by atoms with van der Waals surface area (Å²) in [5, 5.41) is 0.525. The smallest absolute Gasteiger partial charge is 0.335 e. The fraction of sp³-hybridized carbons (Fsp3) is 0.276. The summed E-state index contributed by atoms with van der Waals surface area (Å²) in [5.74, 6) is 1.40. The maximum atomic E-state index is 13.4. The van der Waals surface area contributed by atoms with Gasteiger partial charge in [0.2, 0.25) is 0 Å². The molecule has 1 atom stereocenters. The van der Waals surface area contributed by atoms with E-state index in [0.29, 0.717) is 53.5 Å². The van der Waals surface area contributed by atoms with Gasteiger partial charge in [-0.15, -0.1) is 0 Å². The Bertz CT molecular complexity index is 1400. The third-order valence-electron chi connectivity index (χ3n) is 5.81. The first-order valence-electron chi connectivity index (χ1n) is 12.2. The molecule has 1 aromatic heterocycles. The highest BCUT2D eigenvalue weighted by molar-refractivity contribution is 5.78. The number of methoxy groups -OCH3 is 1. The normalized spacial score (nSPS) is 11.8. The topological polar surface area (TPSA) is 88.9 Å². The van der Waals surface area contributed by atoms with Gasteiger partial charge in [-0.1, -0.05) is 24.3 Å². The van der Waals surface area contributed by atoms with Gasteiger partial charge in [0.15, 0.2) is 11.9 Å². The summed E-state index contributed by atoms with van der Waals surface area (Å²) in [6.45, 7) is 4.41. The van der Waals surface area contributed by atoms with Crippen LogP contribution in [-0.4, -0.2) is 41.9 Å². The number of carbonyl (C=O) groups is 1. The molecule has 0 saturated heterocycles. The summed E-state index contributed by atoms with van der Waals surface area (Å²) in [7, 11) is 1.59. The number of esters is 1. The molecule has 3 aromatic carbocycles. The van der Waals surface area contributed by atoms with Crippen LogP contribution in [0.4, 0.5) is 0 Å². The molecule has 0 aliphatic carbocycles. The number of nitrogens with zero attached hydrogens (tertiary/aromatic N) is 2. The summed E-state index contributed by atoms with van der Waals surface area (Å²) >= 11 is 0. The van der Waals surface area contributed by atoms with Crippen molar-refractivity contribution in [3.63, 3.8) is 0 Å². The van der Waals surface area contributed by atoms with Gasteiger partial charge in [0.1, 0.15) is 18.1 Å². The molecule has 0 bridgehead atoms. The second-order valence-electron chi connectivity index (χ2n) is 8.22. The first kappa shape index (κ1) is 25.9. The lowest BCUT2D eigenvalue weighted by Gasteiger charge is -2.16. The maximum Gasteiger partial charge on any atom is 0.335 e. The average Bonchev–Trinajstić information content (AvgIpc) is 2.93. The Morgan fingerprint density at radius 3 is 2.30 bits per heavy atom. The van der Waals surface area contributed by atoms with Gasteiger partial charge in [-0.05, 0) is 67.9 Å². The minimum absolute atomic E-state index is 0.0792. The third kappa shape index (κ3) is 6.16. The number of rotatable bonds is 11. The monoisotopic (exact) mass is 502 g/mol. The number of ether oxygens (including phenoxy) is 4. The van der Waals surface area contributed by atoms with Crippen LogP contribution in [0, 0.1) is 0 Å². The fourth-order valence-corrected chi connectivity index (χ4v) is 4.00. The number of hydrogen-bond acceptors (Lipinski definition) is 7. The van der Waals surface area contributed by atoms with Crippen LogP contribution in [0.25, 0.3) is 16.6 Å². The Morgan fingerprint density at radius 1 is 0.919 bits per heavy atom. The van der Waals surface area contributed by atoms with E-state index in [4.69, 9.17) is 23.9 Å². The zero-order chi connectivity index (χ0) is 26.2. The first-order valence-corrected chi connectivity index (χ1v) is 12.2. The van der Waals surface area contributed by atoms with E-state index >= 15 is 0 Å². The summed E-state index contributed by atoms with van der Waals surface area (Å²) in [6.07, 6.45) is -0.256. The minimum atomic E-state index is -0.655.